The fourth-order valence-corrected chi connectivity index (χ4v) is 3.81. The van der Waals surface area contributed by atoms with E-state index in [9.17, 15) is 8.42 Å². The molecular weight excluding hydrogens is 313 g/mol. The van der Waals surface area contributed by atoms with Crippen LogP contribution in [0.3, 0.4) is 0 Å². The maximum atomic E-state index is 12.5. The van der Waals surface area contributed by atoms with Crippen LogP contribution in [-0.2, 0) is 19.3 Å². The summed E-state index contributed by atoms with van der Waals surface area (Å²) in [6.07, 6.45) is 0. The molecule has 1 aliphatic heterocycles. The largest absolute Gasteiger partial charge is 0.494 e. The van der Waals surface area contributed by atoms with Gasteiger partial charge in [0.1, 0.15) is 0 Å². The summed E-state index contributed by atoms with van der Waals surface area (Å²) in [5, 5.41) is 0. The van der Waals surface area contributed by atoms with E-state index in [-0.39, 0.29) is 0 Å². The predicted molar refractivity (Wildman–Crippen MR) is 92.4 cm³/mol. The second-order valence-corrected chi connectivity index (χ2v) is 9.05. The average Bonchev–Trinajstić information content (AvgIpc) is 2.66. The third-order valence-corrected chi connectivity index (χ3v) is 6.95. The van der Waals surface area contributed by atoms with Crippen molar-refractivity contribution in [1.29, 1.82) is 0 Å². The number of hydrogen-bond donors (Lipinski definition) is 0. The zero-order valence-electron chi connectivity index (χ0n) is 15.0. The molecule has 0 aliphatic carbocycles. The van der Waals surface area contributed by atoms with Crippen molar-refractivity contribution in [2.45, 2.75) is 57.6 Å². The molecule has 128 valence electrons. The molecule has 0 atom stereocenters. The van der Waals surface area contributed by atoms with Crippen molar-refractivity contribution in [2.24, 2.45) is 0 Å². The second-order valence-electron chi connectivity index (χ2n) is 7.03. The molecule has 1 fully saturated rings. The summed E-state index contributed by atoms with van der Waals surface area (Å²) in [4.78, 5) is 0.321. The van der Waals surface area contributed by atoms with Crippen LogP contribution in [-0.4, -0.2) is 44.6 Å². The lowest BCUT2D eigenvalue weighted by Crippen LogP contribution is -2.41. The number of aryl methyl sites for hydroxylation is 1. The number of benzene rings is 1. The molecule has 0 radical (unpaired) electrons. The van der Waals surface area contributed by atoms with Gasteiger partial charge in [0.05, 0.1) is 16.1 Å². The standard InChI is InChI=1S/C16H26BNO4S/c1-8-18(7)23(19,20)14-10-9-13(11-12(14)2)17-21-15(3,4)16(5,6)22-17/h9-11H,8H2,1-7H3. The third-order valence-electron chi connectivity index (χ3n) is 4.86. The molecule has 23 heavy (non-hydrogen) atoms. The third kappa shape index (κ3) is 3.20. The lowest BCUT2D eigenvalue weighted by molar-refractivity contribution is 0.00578. The molecule has 0 aromatic heterocycles. The molecule has 2 rings (SSSR count). The van der Waals surface area contributed by atoms with Gasteiger partial charge in [-0.1, -0.05) is 19.1 Å². The Morgan fingerprint density at radius 3 is 2.09 bits per heavy atom. The molecule has 0 saturated carbocycles. The summed E-state index contributed by atoms with van der Waals surface area (Å²) in [7, 11) is -2.36. The van der Waals surface area contributed by atoms with Gasteiger partial charge in [-0.05, 0) is 51.7 Å². The molecule has 1 aromatic rings. The minimum atomic E-state index is -3.45. The fourth-order valence-electron chi connectivity index (χ4n) is 2.43. The number of sulfonamides is 1. The smallest absolute Gasteiger partial charge is 0.399 e. The van der Waals surface area contributed by atoms with Crippen LogP contribution in [0, 0.1) is 6.92 Å². The van der Waals surface area contributed by atoms with Crippen LogP contribution in [0.15, 0.2) is 23.1 Å². The van der Waals surface area contributed by atoms with E-state index in [4.69, 9.17) is 9.31 Å². The molecule has 0 N–H and O–H groups in total. The minimum Gasteiger partial charge on any atom is -0.399 e. The van der Waals surface area contributed by atoms with Crippen molar-refractivity contribution in [3.63, 3.8) is 0 Å². The molecule has 1 heterocycles. The Morgan fingerprint density at radius 1 is 1.13 bits per heavy atom. The first-order valence-electron chi connectivity index (χ1n) is 7.85. The van der Waals surface area contributed by atoms with E-state index in [0.717, 1.165) is 5.46 Å². The van der Waals surface area contributed by atoms with Gasteiger partial charge in [0.2, 0.25) is 10.0 Å². The van der Waals surface area contributed by atoms with Crippen molar-refractivity contribution in [3.05, 3.63) is 23.8 Å². The maximum Gasteiger partial charge on any atom is 0.494 e. The van der Waals surface area contributed by atoms with Gasteiger partial charge in [-0.15, -0.1) is 0 Å². The van der Waals surface area contributed by atoms with Crippen LogP contribution < -0.4 is 5.46 Å². The van der Waals surface area contributed by atoms with E-state index in [1.54, 1.807) is 26.1 Å². The summed E-state index contributed by atoms with van der Waals surface area (Å²) in [5.41, 5.74) is 0.689. The highest BCUT2D eigenvalue weighted by Crippen LogP contribution is 2.36. The molecule has 0 spiro atoms. The van der Waals surface area contributed by atoms with Gasteiger partial charge in [0.25, 0.3) is 0 Å². The van der Waals surface area contributed by atoms with E-state index in [0.29, 0.717) is 17.0 Å². The van der Waals surface area contributed by atoms with Crippen LogP contribution in [0.25, 0.3) is 0 Å². The van der Waals surface area contributed by atoms with Crippen LogP contribution in [0.1, 0.15) is 40.2 Å². The first-order valence-corrected chi connectivity index (χ1v) is 9.29. The van der Waals surface area contributed by atoms with Crippen molar-refractivity contribution in [1.82, 2.24) is 4.31 Å². The van der Waals surface area contributed by atoms with E-state index < -0.39 is 28.3 Å². The number of hydrogen-bond acceptors (Lipinski definition) is 4. The maximum absolute atomic E-state index is 12.5. The summed E-state index contributed by atoms with van der Waals surface area (Å²) in [6.45, 7) is 12.0. The number of rotatable bonds is 4. The van der Waals surface area contributed by atoms with Gasteiger partial charge >= 0.3 is 7.12 Å². The highest BCUT2D eigenvalue weighted by atomic mass is 32.2. The summed E-state index contributed by atoms with van der Waals surface area (Å²) >= 11 is 0. The van der Waals surface area contributed by atoms with Crippen molar-refractivity contribution < 1.29 is 17.7 Å². The van der Waals surface area contributed by atoms with Gasteiger partial charge in [-0.2, -0.15) is 0 Å². The summed E-state index contributed by atoms with van der Waals surface area (Å²) in [5.74, 6) is 0. The Bertz CT molecular complexity index is 684. The van der Waals surface area contributed by atoms with Crippen molar-refractivity contribution in [3.8, 4) is 0 Å². The van der Waals surface area contributed by atoms with E-state index >= 15 is 0 Å². The monoisotopic (exact) mass is 339 g/mol. The zero-order chi connectivity index (χ0) is 17.6. The average molecular weight is 339 g/mol. The number of nitrogens with zero attached hydrogens (tertiary/aromatic N) is 1. The van der Waals surface area contributed by atoms with Gasteiger partial charge < -0.3 is 9.31 Å². The summed E-state index contributed by atoms with van der Waals surface area (Å²) < 4.78 is 38.3. The highest BCUT2D eigenvalue weighted by molar-refractivity contribution is 7.89. The molecular formula is C16H26BNO4S. The molecule has 7 heteroatoms. The Balaban J connectivity index is 2.35. The molecule has 0 bridgehead atoms. The lowest BCUT2D eigenvalue weighted by atomic mass is 9.78. The Hall–Kier alpha value is -0.885. The van der Waals surface area contributed by atoms with Crippen molar-refractivity contribution >= 4 is 22.6 Å². The molecule has 0 amide bonds. The predicted octanol–water partition coefficient (Wildman–Crippen LogP) is 1.93. The van der Waals surface area contributed by atoms with Crippen molar-refractivity contribution in [2.75, 3.05) is 13.6 Å². The highest BCUT2D eigenvalue weighted by Gasteiger charge is 2.51. The Labute approximate surface area is 140 Å². The lowest BCUT2D eigenvalue weighted by Gasteiger charge is -2.32. The van der Waals surface area contributed by atoms with E-state index in [1.807, 2.05) is 40.7 Å². The Kier molecular flexibility index (Phi) is 4.72. The van der Waals surface area contributed by atoms with Crippen LogP contribution in [0.2, 0.25) is 0 Å². The van der Waals surface area contributed by atoms with Gasteiger partial charge in [-0.3, -0.25) is 0 Å². The quantitative estimate of drug-likeness (QED) is 0.787. The first kappa shape index (κ1) is 18.5. The topological polar surface area (TPSA) is 55.8 Å². The first-order chi connectivity index (χ1) is 10.4. The normalized spacial score (nSPS) is 20.3. The second kappa shape index (κ2) is 5.88. The SMILES string of the molecule is CCN(C)S(=O)(=O)c1ccc(B2OC(C)(C)C(C)(C)O2)cc1C. The van der Waals surface area contributed by atoms with E-state index in [1.165, 1.54) is 4.31 Å². The fraction of sp³-hybridized carbons (Fsp3) is 0.625. The molecule has 5 nitrogen and oxygen atoms in total. The van der Waals surface area contributed by atoms with Crippen LogP contribution >= 0.6 is 0 Å². The zero-order valence-corrected chi connectivity index (χ0v) is 15.8. The van der Waals surface area contributed by atoms with Gasteiger partial charge in [0.15, 0.2) is 0 Å². The summed E-state index contributed by atoms with van der Waals surface area (Å²) in [6, 6.07) is 5.24. The molecule has 1 aromatic carbocycles. The minimum absolute atomic E-state index is 0.321. The molecule has 0 unspecified atom stereocenters. The van der Waals surface area contributed by atoms with Crippen LogP contribution in [0.4, 0.5) is 0 Å². The van der Waals surface area contributed by atoms with E-state index in [2.05, 4.69) is 0 Å². The van der Waals surface area contributed by atoms with Gasteiger partial charge in [-0.25, -0.2) is 12.7 Å². The van der Waals surface area contributed by atoms with Gasteiger partial charge in [0, 0.05) is 13.6 Å². The van der Waals surface area contributed by atoms with Crippen LogP contribution in [0.5, 0.6) is 0 Å². The Morgan fingerprint density at radius 2 is 1.65 bits per heavy atom. The molecule has 1 saturated heterocycles. The molecule has 1 aliphatic rings.